The van der Waals surface area contributed by atoms with Crippen molar-refractivity contribution in [3.63, 3.8) is 0 Å². The molecule has 0 saturated heterocycles. The Morgan fingerprint density at radius 2 is 0.767 bits per heavy atom. The van der Waals surface area contributed by atoms with Gasteiger partial charge in [0.1, 0.15) is 0 Å². The van der Waals surface area contributed by atoms with Gasteiger partial charge in [0.2, 0.25) is 0 Å². The van der Waals surface area contributed by atoms with Crippen LogP contribution in [0.4, 0.5) is 0 Å². The summed E-state index contributed by atoms with van der Waals surface area (Å²) in [5.74, 6) is 0. The first-order chi connectivity index (χ1) is 12.9. The van der Waals surface area contributed by atoms with Gasteiger partial charge in [-0.1, -0.05) is 118 Å². The van der Waals surface area contributed by atoms with Crippen LogP contribution in [0.3, 0.4) is 0 Å². The van der Waals surface area contributed by atoms with E-state index < -0.39 is 0 Å². The summed E-state index contributed by atoms with van der Waals surface area (Å²) in [6.45, 7) is 27.7. The Kier molecular flexibility index (Phi) is 6.99. The van der Waals surface area contributed by atoms with Crippen molar-refractivity contribution in [2.24, 2.45) is 0 Å². The van der Waals surface area contributed by atoms with Crippen LogP contribution in [0.2, 0.25) is 0 Å². The minimum Gasteiger partial charge on any atom is -0.656 e. The van der Waals surface area contributed by atoms with Gasteiger partial charge in [-0.2, -0.15) is 0 Å². The van der Waals surface area contributed by atoms with E-state index in [1.54, 1.807) is 0 Å². The standard InChI is InChI=1S/C28H40N.K/c1-25(2,3)17-13-19-20-14-18(26(4,5)6)16-22(28(10,11)12)24(20)29-23(19)21(15-17)27(7,8)9;/h13-16H,1-12H3;/q-1;+1. The predicted octanol–water partition coefficient (Wildman–Crippen LogP) is 5.14. The van der Waals surface area contributed by atoms with Crippen LogP contribution in [0, 0.1) is 0 Å². The van der Waals surface area contributed by atoms with Crippen molar-refractivity contribution in [3.8, 4) is 0 Å². The van der Waals surface area contributed by atoms with E-state index in [0.29, 0.717) is 0 Å². The molecule has 2 heteroatoms. The summed E-state index contributed by atoms with van der Waals surface area (Å²) in [4.78, 5) is 5.29. The van der Waals surface area contributed by atoms with Crippen LogP contribution in [-0.4, -0.2) is 0 Å². The third-order valence-electron chi connectivity index (χ3n) is 6.08. The Hall–Kier alpha value is -0.124. The van der Waals surface area contributed by atoms with E-state index in [1.165, 1.54) is 44.1 Å². The number of rotatable bonds is 0. The second-order valence-corrected chi connectivity index (χ2v) is 13.0. The maximum Gasteiger partial charge on any atom is 1.00 e. The van der Waals surface area contributed by atoms with E-state index in [0.717, 1.165) is 0 Å². The topological polar surface area (TPSA) is 14.1 Å². The second kappa shape index (κ2) is 8.03. The molecule has 3 aromatic rings. The van der Waals surface area contributed by atoms with Gasteiger partial charge >= 0.3 is 51.4 Å². The third-order valence-corrected chi connectivity index (χ3v) is 6.08. The van der Waals surface area contributed by atoms with Gasteiger partial charge in [-0.15, -0.1) is 11.0 Å². The van der Waals surface area contributed by atoms with Crippen molar-refractivity contribution in [2.45, 2.75) is 105 Å². The monoisotopic (exact) mass is 429 g/mol. The molecular weight excluding hydrogens is 389 g/mol. The normalized spacial score (nSPS) is 13.7. The van der Waals surface area contributed by atoms with E-state index in [2.05, 4.69) is 107 Å². The number of aromatic nitrogens is 1. The average Bonchev–Trinajstić information content (AvgIpc) is 2.87. The molecule has 0 spiro atoms. The maximum absolute atomic E-state index is 5.29. The molecule has 0 atom stereocenters. The van der Waals surface area contributed by atoms with Crippen LogP contribution in [0.5, 0.6) is 0 Å². The summed E-state index contributed by atoms with van der Waals surface area (Å²) >= 11 is 0. The molecule has 1 heterocycles. The first-order valence-corrected chi connectivity index (χ1v) is 11.0. The van der Waals surface area contributed by atoms with E-state index in [9.17, 15) is 0 Å². The molecular formula is C28H40KN. The van der Waals surface area contributed by atoms with E-state index >= 15 is 0 Å². The quantitative estimate of drug-likeness (QED) is 0.451. The molecule has 0 aliphatic heterocycles. The number of hydrogen-bond donors (Lipinski definition) is 0. The SMILES string of the molecule is CC(C)(C)c1cc(C(C)(C)C)c2[n-]c3c(C(C)(C)C)cc(C(C)(C)C)cc3c2c1.[K+]. The molecule has 0 unspecified atom stereocenters. The molecule has 0 aliphatic rings. The van der Waals surface area contributed by atoms with Gasteiger partial charge in [-0.25, -0.2) is 0 Å². The Morgan fingerprint density at radius 3 is 1.00 bits per heavy atom. The van der Waals surface area contributed by atoms with Crippen molar-refractivity contribution in [3.05, 3.63) is 46.5 Å². The van der Waals surface area contributed by atoms with Crippen molar-refractivity contribution < 1.29 is 51.4 Å². The largest absolute Gasteiger partial charge is 1.00 e. The minimum atomic E-state index is 0. The first-order valence-electron chi connectivity index (χ1n) is 11.0. The van der Waals surface area contributed by atoms with Gasteiger partial charge in [-0.05, 0) is 43.6 Å². The van der Waals surface area contributed by atoms with Crippen molar-refractivity contribution >= 4 is 21.8 Å². The Morgan fingerprint density at radius 1 is 0.467 bits per heavy atom. The molecule has 158 valence electrons. The fourth-order valence-corrected chi connectivity index (χ4v) is 4.04. The Bertz CT molecular complexity index is 985. The summed E-state index contributed by atoms with van der Waals surface area (Å²) < 4.78 is 0. The van der Waals surface area contributed by atoms with Gasteiger partial charge in [0.25, 0.3) is 0 Å². The minimum absolute atomic E-state index is 0. The zero-order valence-corrected chi connectivity index (χ0v) is 24.9. The van der Waals surface area contributed by atoms with Crippen LogP contribution in [0.1, 0.15) is 105 Å². The maximum atomic E-state index is 5.29. The van der Waals surface area contributed by atoms with Crippen molar-refractivity contribution in [2.75, 3.05) is 0 Å². The molecule has 0 fully saturated rings. The fraction of sp³-hybridized carbons (Fsp3) is 0.571. The van der Waals surface area contributed by atoms with Gasteiger partial charge in [0.15, 0.2) is 0 Å². The van der Waals surface area contributed by atoms with Gasteiger partial charge in [0.05, 0.1) is 0 Å². The molecule has 30 heavy (non-hydrogen) atoms. The zero-order chi connectivity index (χ0) is 22.2. The smallest absolute Gasteiger partial charge is 0.656 e. The molecule has 2 aromatic carbocycles. The Balaban J connectivity index is 0.00000320. The average molecular weight is 430 g/mol. The van der Waals surface area contributed by atoms with Crippen LogP contribution >= 0.6 is 0 Å². The van der Waals surface area contributed by atoms with Crippen LogP contribution in [-0.2, 0) is 21.7 Å². The first kappa shape index (κ1) is 26.1. The van der Waals surface area contributed by atoms with Crippen LogP contribution in [0.25, 0.3) is 21.8 Å². The van der Waals surface area contributed by atoms with Gasteiger partial charge in [-0.3, -0.25) is 0 Å². The molecule has 1 aromatic heterocycles. The number of benzene rings is 2. The predicted molar refractivity (Wildman–Crippen MR) is 130 cm³/mol. The van der Waals surface area contributed by atoms with Gasteiger partial charge in [0, 0.05) is 0 Å². The zero-order valence-electron chi connectivity index (χ0n) is 21.8. The summed E-state index contributed by atoms with van der Waals surface area (Å²) in [5, 5.41) is 2.63. The summed E-state index contributed by atoms with van der Waals surface area (Å²) in [5.41, 5.74) is 8.15. The number of nitrogens with zero attached hydrogens (tertiary/aromatic N) is 1. The Labute approximate surface area is 227 Å². The van der Waals surface area contributed by atoms with Crippen molar-refractivity contribution in [1.29, 1.82) is 0 Å². The van der Waals surface area contributed by atoms with Gasteiger partial charge < -0.3 is 4.98 Å². The molecule has 0 saturated carbocycles. The molecule has 3 rings (SSSR count). The molecule has 0 aliphatic carbocycles. The number of fused-ring (bicyclic) bond motifs is 3. The van der Waals surface area contributed by atoms with Crippen LogP contribution < -0.4 is 56.4 Å². The molecule has 0 amide bonds. The fourth-order valence-electron chi connectivity index (χ4n) is 4.04. The molecule has 1 nitrogen and oxygen atoms in total. The van der Waals surface area contributed by atoms with E-state index in [4.69, 9.17) is 4.98 Å². The van der Waals surface area contributed by atoms with Crippen LogP contribution in [0.15, 0.2) is 24.3 Å². The van der Waals surface area contributed by atoms with E-state index in [1.807, 2.05) is 0 Å². The molecule has 0 radical (unpaired) electrons. The molecule has 0 bridgehead atoms. The number of hydrogen-bond acceptors (Lipinski definition) is 0. The third kappa shape index (κ3) is 4.94. The van der Waals surface area contributed by atoms with Crippen molar-refractivity contribution in [1.82, 2.24) is 4.98 Å². The summed E-state index contributed by atoms with van der Waals surface area (Å²) in [7, 11) is 0. The summed E-state index contributed by atoms with van der Waals surface area (Å²) in [6.07, 6.45) is 0. The summed E-state index contributed by atoms with van der Waals surface area (Å²) in [6, 6.07) is 9.60. The molecule has 0 N–H and O–H groups in total. The van der Waals surface area contributed by atoms with E-state index in [-0.39, 0.29) is 73.0 Å². The second-order valence-electron chi connectivity index (χ2n) is 13.0.